The van der Waals surface area contributed by atoms with Gasteiger partial charge in [-0.2, -0.15) is 0 Å². The summed E-state index contributed by atoms with van der Waals surface area (Å²) in [6.45, 7) is 1.49. The minimum Gasteiger partial charge on any atom is -0.395 e. The molecule has 0 aliphatic heterocycles. The molecule has 0 aromatic heterocycles. The molecule has 0 bridgehead atoms. The summed E-state index contributed by atoms with van der Waals surface area (Å²) in [7, 11) is 0. The molecule has 2 aromatic carbocycles. The second kappa shape index (κ2) is 9.28. The van der Waals surface area contributed by atoms with Gasteiger partial charge in [0.25, 0.3) is 11.4 Å². The van der Waals surface area contributed by atoms with E-state index in [0.29, 0.717) is 11.3 Å². The van der Waals surface area contributed by atoms with Crippen molar-refractivity contribution in [2.75, 3.05) is 35.6 Å². The van der Waals surface area contributed by atoms with Crippen molar-refractivity contribution >= 4 is 34.3 Å². The largest absolute Gasteiger partial charge is 0.395 e. The van der Waals surface area contributed by atoms with Crippen LogP contribution in [0.5, 0.6) is 0 Å². The molecule has 0 aliphatic carbocycles. The van der Waals surface area contributed by atoms with E-state index in [1.807, 2.05) is 0 Å². The summed E-state index contributed by atoms with van der Waals surface area (Å²) in [4.78, 5) is 33.1. The second-order valence-electron chi connectivity index (χ2n) is 5.82. The summed E-state index contributed by atoms with van der Waals surface area (Å²) in [5, 5.41) is 39.1. The van der Waals surface area contributed by atoms with Gasteiger partial charge >= 0.3 is 0 Å². The lowest BCUT2D eigenvalue weighted by atomic mass is 10.2. The van der Waals surface area contributed by atoms with Gasteiger partial charge in [0.15, 0.2) is 0 Å². The number of aliphatic hydroxyl groups is 1. The number of hydrogen-bond donors (Lipinski definition) is 4. The number of benzene rings is 2. The lowest BCUT2D eigenvalue weighted by Gasteiger charge is -2.13. The first-order valence-corrected chi connectivity index (χ1v) is 8.23. The van der Waals surface area contributed by atoms with Crippen molar-refractivity contribution < 1.29 is 19.7 Å². The third-order valence-electron chi connectivity index (χ3n) is 3.70. The highest BCUT2D eigenvalue weighted by atomic mass is 16.6. The minimum absolute atomic E-state index is 0.0556. The zero-order valence-electron chi connectivity index (χ0n) is 15.0. The van der Waals surface area contributed by atoms with Crippen molar-refractivity contribution in [3.8, 4) is 0 Å². The molecule has 0 fully saturated rings. The van der Waals surface area contributed by atoms with Crippen LogP contribution in [0.15, 0.2) is 36.4 Å². The van der Waals surface area contributed by atoms with Crippen molar-refractivity contribution in [1.82, 2.24) is 0 Å². The van der Waals surface area contributed by atoms with E-state index in [0.717, 1.165) is 0 Å². The number of anilines is 3. The summed E-state index contributed by atoms with van der Waals surface area (Å²) in [5.74, 6) is -0.563. The van der Waals surface area contributed by atoms with Gasteiger partial charge in [-0.25, -0.2) is 0 Å². The SMILES string of the molecule is Cc1ccc(NC(=O)CNc2cc([N+](=O)[O-])ccc2NCCO)c([N+](=O)[O-])c1. The van der Waals surface area contributed by atoms with E-state index in [4.69, 9.17) is 5.11 Å². The second-order valence-corrected chi connectivity index (χ2v) is 5.82. The first-order valence-electron chi connectivity index (χ1n) is 8.23. The fourth-order valence-corrected chi connectivity index (χ4v) is 2.41. The zero-order chi connectivity index (χ0) is 20.7. The van der Waals surface area contributed by atoms with Crippen LogP contribution in [0.4, 0.5) is 28.4 Å². The number of non-ortho nitro benzene ring substituents is 1. The third kappa shape index (κ3) is 5.38. The summed E-state index contributed by atoms with van der Waals surface area (Å²) < 4.78 is 0. The molecule has 2 rings (SSSR count). The highest BCUT2D eigenvalue weighted by molar-refractivity contribution is 5.96. The van der Waals surface area contributed by atoms with Crippen LogP contribution in [0.3, 0.4) is 0 Å². The molecule has 0 unspecified atom stereocenters. The van der Waals surface area contributed by atoms with E-state index in [9.17, 15) is 25.0 Å². The molecule has 28 heavy (non-hydrogen) atoms. The molecule has 0 radical (unpaired) electrons. The van der Waals surface area contributed by atoms with Gasteiger partial charge in [-0.3, -0.25) is 25.0 Å². The number of carbonyl (C=O) groups is 1. The first kappa shape index (κ1) is 20.6. The smallest absolute Gasteiger partial charge is 0.293 e. The Morgan fingerprint density at radius 3 is 2.36 bits per heavy atom. The van der Waals surface area contributed by atoms with E-state index in [2.05, 4.69) is 16.0 Å². The fraction of sp³-hybridized carbons (Fsp3) is 0.235. The van der Waals surface area contributed by atoms with E-state index < -0.39 is 15.8 Å². The van der Waals surface area contributed by atoms with Crippen LogP contribution in [0.2, 0.25) is 0 Å². The molecule has 1 amide bonds. The molecule has 0 spiro atoms. The molecule has 2 aromatic rings. The minimum atomic E-state index is -0.590. The Balaban J connectivity index is 2.13. The van der Waals surface area contributed by atoms with Gasteiger partial charge in [-0.05, 0) is 24.6 Å². The van der Waals surface area contributed by atoms with Crippen molar-refractivity contribution in [1.29, 1.82) is 0 Å². The van der Waals surface area contributed by atoms with E-state index >= 15 is 0 Å². The zero-order valence-corrected chi connectivity index (χ0v) is 15.0. The van der Waals surface area contributed by atoms with E-state index in [-0.39, 0.29) is 42.4 Å². The van der Waals surface area contributed by atoms with Gasteiger partial charge in [0.2, 0.25) is 5.91 Å². The van der Waals surface area contributed by atoms with Crippen LogP contribution in [0.25, 0.3) is 0 Å². The number of aliphatic hydroxyl groups excluding tert-OH is 1. The van der Waals surface area contributed by atoms with E-state index in [1.54, 1.807) is 13.0 Å². The molecule has 4 N–H and O–H groups in total. The number of nitro groups is 2. The summed E-state index contributed by atoms with van der Waals surface area (Å²) in [6, 6.07) is 8.42. The maximum absolute atomic E-state index is 12.2. The van der Waals surface area contributed by atoms with Gasteiger partial charge in [-0.15, -0.1) is 0 Å². The molecule has 11 heteroatoms. The van der Waals surface area contributed by atoms with Crippen LogP contribution < -0.4 is 16.0 Å². The monoisotopic (exact) mass is 389 g/mol. The molecule has 0 saturated carbocycles. The molecule has 148 valence electrons. The topological polar surface area (TPSA) is 160 Å². The average Bonchev–Trinajstić information content (AvgIpc) is 2.66. The Bertz CT molecular complexity index is 902. The number of carbonyl (C=O) groups excluding carboxylic acids is 1. The molecule has 0 saturated heterocycles. The maximum atomic E-state index is 12.2. The Morgan fingerprint density at radius 1 is 1.00 bits per heavy atom. The quantitative estimate of drug-likeness (QED) is 0.375. The van der Waals surface area contributed by atoms with Crippen molar-refractivity contribution in [2.45, 2.75) is 6.92 Å². The molecule has 0 aliphatic rings. The molecule has 0 heterocycles. The predicted octanol–water partition coefficient (Wildman–Crippen LogP) is 2.27. The lowest BCUT2D eigenvalue weighted by molar-refractivity contribution is -0.384. The van der Waals surface area contributed by atoms with Crippen molar-refractivity contribution in [3.05, 3.63) is 62.2 Å². The van der Waals surface area contributed by atoms with Crippen LogP contribution >= 0.6 is 0 Å². The normalized spacial score (nSPS) is 10.2. The van der Waals surface area contributed by atoms with Crippen LogP contribution in [0, 0.1) is 27.2 Å². The number of hydrogen-bond acceptors (Lipinski definition) is 8. The van der Waals surface area contributed by atoms with Crippen molar-refractivity contribution in [3.63, 3.8) is 0 Å². The average molecular weight is 389 g/mol. The summed E-state index contributed by atoms with van der Waals surface area (Å²) >= 11 is 0. The van der Waals surface area contributed by atoms with Gasteiger partial charge in [-0.1, -0.05) is 6.07 Å². The summed E-state index contributed by atoms with van der Waals surface area (Å²) in [6.07, 6.45) is 0. The van der Waals surface area contributed by atoms with Gasteiger partial charge in [0.05, 0.1) is 34.4 Å². The lowest BCUT2D eigenvalue weighted by Crippen LogP contribution is -2.23. The number of amides is 1. The van der Waals surface area contributed by atoms with E-state index in [1.165, 1.54) is 30.3 Å². The van der Waals surface area contributed by atoms with Crippen molar-refractivity contribution in [2.24, 2.45) is 0 Å². The van der Waals surface area contributed by atoms with Gasteiger partial charge in [0, 0.05) is 24.7 Å². The number of nitrogens with one attached hydrogen (secondary N) is 3. The number of nitrogens with zero attached hydrogens (tertiary/aromatic N) is 2. The molecule has 0 atom stereocenters. The van der Waals surface area contributed by atoms with Gasteiger partial charge < -0.3 is 21.1 Å². The standard InChI is InChI=1S/C17H19N5O6/c1-11-2-4-14(16(8-11)22(27)28)20-17(24)10-19-15-9-12(21(25)26)3-5-13(15)18-6-7-23/h2-5,8-9,18-19,23H,6-7,10H2,1H3,(H,20,24). The highest BCUT2D eigenvalue weighted by Crippen LogP contribution is 2.27. The molecular weight excluding hydrogens is 370 g/mol. The van der Waals surface area contributed by atoms with Crippen LogP contribution in [-0.2, 0) is 4.79 Å². The Hall–Kier alpha value is -3.73. The maximum Gasteiger partial charge on any atom is 0.293 e. The Labute approximate surface area is 159 Å². The fourth-order valence-electron chi connectivity index (χ4n) is 2.41. The first-order chi connectivity index (χ1) is 13.3. The highest BCUT2D eigenvalue weighted by Gasteiger charge is 2.17. The number of aryl methyl sites for hydroxylation is 1. The molecular formula is C17H19N5O6. The number of rotatable bonds is 9. The third-order valence-corrected chi connectivity index (χ3v) is 3.70. The number of nitro benzene ring substituents is 2. The van der Waals surface area contributed by atoms with Crippen LogP contribution in [-0.4, -0.2) is 40.6 Å². The molecule has 11 nitrogen and oxygen atoms in total. The predicted molar refractivity (Wildman–Crippen MR) is 104 cm³/mol. The summed E-state index contributed by atoms with van der Waals surface area (Å²) in [5.41, 5.74) is 1.09. The Kier molecular flexibility index (Phi) is 6.82. The van der Waals surface area contributed by atoms with Crippen LogP contribution in [0.1, 0.15) is 5.56 Å². The van der Waals surface area contributed by atoms with Gasteiger partial charge in [0.1, 0.15) is 5.69 Å². The Morgan fingerprint density at radius 2 is 1.71 bits per heavy atom.